The Morgan fingerprint density at radius 3 is 3.08 bits per heavy atom. The first-order valence-electron chi connectivity index (χ1n) is 7.24. The van der Waals surface area contributed by atoms with Crippen LogP contribution in [-0.2, 0) is 9.53 Å². The van der Waals surface area contributed by atoms with Crippen molar-refractivity contribution in [2.24, 2.45) is 0 Å². The number of carbonyl (C=O) groups excluding carboxylic acids is 1. The summed E-state index contributed by atoms with van der Waals surface area (Å²) in [6.45, 7) is 1.03. The normalized spacial score (nSPS) is 11.1. The third kappa shape index (κ3) is 5.27. The van der Waals surface area contributed by atoms with Crippen molar-refractivity contribution in [3.8, 4) is 16.6 Å². The van der Waals surface area contributed by atoms with Crippen molar-refractivity contribution >= 4 is 39.2 Å². The van der Waals surface area contributed by atoms with Crippen LogP contribution in [0.2, 0.25) is 0 Å². The minimum absolute atomic E-state index is 0.0403. The van der Waals surface area contributed by atoms with E-state index in [2.05, 4.69) is 26.2 Å². The van der Waals surface area contributed by atoms with Gasteiger partial charge in [-0.3, -0.25) is 4.79 Å². The summed E-state index contributed by atoms with van der Waals surface area (Å²) in [6, 6.07) is 9.74. The zero-order valence-corrected chi connectivity index (χ0v) is 15.5. The Hall–Kier alpha value is -2.01. The highest BCUT2D eigenvalue weighted by atomic mass is 79.9. The van der Waals surface area contributed by atoms with Gasteiger partial charge in [-0.1, -0.05) is 28.1 Å². The number of halogens is 1. The van der Waals surface area contributed by atoms with Gasteiger partial charge in [-0.15, -0.1) is 11.3 Å². The summed E-state index contributed by atoms with van der Waals surface area (Å²) in [4.78, 5) is 16.5. The lowest BCUT2D eigenvalue weighted by Crippen LogP contribution is -2.26. The predicted octanol–water partition coefficient (Wildman–Crippen LogP) is 3.63. The summed E-state index contributed by atoms with van der Waals surface area (Å²) in [5.41, 5.74) is 1.62. The first kappa shape index (κ1) is 18.3. The molecule has 1 N–H and O–H groups in total. The first-order valence-corrected chi connectivity index (χ1v) is 8.91. The molecule has 2 rings (SSSR count). The van der Waals surface area contributed by atoms with E-state index in [-0.39, 0.29) is 5.57 Å². The van der Waals surface area contributed by atoms with Gasteiger partial charge in [-0.2, -0.15) is 5.26 Å². The Kier molecular flexibility index (Phi) is 7.12. The molecular weight excluding hydrogens is 390 g/mol. The number of nitrogens with one attached hydrogen (secondary N) is 1. The van der Waals surface area contributed by atoms with Crippen LogP contribution in [0.15, 0.2) is 39.7 Å². The van der Waals surface area contributed by atoms with Gasteiger partial charge in [-0.25, -0.2) is 4.98 Å². The van der Waals surface area contributed by atoms with Crippen LogP contribution in [0.4, 0.5) is 0 Å². The van der Waals surface area contributed by atoms with Crippen LogP contribution in [0.25, 0.3) is 16.6 Å². The van der Waals surface area contributed by atoms with Crippen molar-refractivity contribution in [3.63, 3.8) is 0 Å². The fourth-order valence-corrected chi connectivity index (χ4v) is 3.09. The topological polar surface area (TPSA) is 75.0 Å². The molecule has 2 aromatic rings. The number of methoxy groups -OCH3 is 1. The predicted molar refractivity (Wildman–Crippen MR) is 98.3 cm³/mol. The second-order valence-corrected chi connectivity index (χ2v) is 6.63. The number of nitrogens with zero attached hydrogens (tertiary/aromatic N) is 2. The average Bonchev–Trinajstić information content (AvgIpc) is 3.05. The third-order valence-electron chi connectivity index (χ3n) is 3.06. The van der Waals surface area contributed by atoms with Crippen LogP contribution >= 0.6 is 27.3 Å². The van der Waals surface area contributed by atoms with Gasteiger partial charge in [0, 0.05) is 35.7 Å². The number of carbonyl (C=O) groups is 1. The molecule has 7 heteroatoms. The molecule has 0 aliphatic heterocycles. The summed E-state index contributed by atoms with van der Waals surface area (Å²) < 4.78 is 5.89. The Labute approximate surface area is 153 Å². The molecule has 24 heavy (non-hydrogen) atoms. The molecule has 0 saturated carbocycles. The zero-order chi connectivity index (χ0) is 17.4. The van der Waals surface area contributed by atoms with Crippen LogP contribution in [0.5, 0.6) is 0 Å². The molecule has 1 aromatic heterocycles. The lowest BCUT2D eigenvalue weighted by molar-refractivity contribution is -0.117. The summed E-state index contributed by atoms with van der Waals surface area (Å²) in [7, 11) is 1.60. The molecule has 1 heterocycles. The van der Waals surface area contributed by atoms with E-state index >= 15 is 0 Å². The van der Waals surface area contributed by atoms with Crippen LogP contribution in [-0.4, -0.2) is 31.2 Å². The van der Waals surface area contributed by atoms with Gasteiger partial charge >= 0.3 is 0 Å². The highest BCUT2D eigenvalue weighted by Crippen LogP contribution is 2.26. The maximum Gasteiger partial charge on any atom is 0.262 e. The molecule has 1 amide bonds. The lowest BCUT2D eigenvalue weighted by atomic mass is 10.2. The maximum atomic E-state index is 12.0. The van der Waals surface area contributed by atoms with Crippen LogP contribution in [0.3, 0.4) is 0 Å². The summed E-state index contributed by atoms with van der Waals surface area (Å²) >= 11 is 4.90. The minimum Gasteiger partial charge on any atom is -0.385 e. The average molecular weight is 406 g/mol. The summed E-state index contributed by atoms with van der Waals surface area (Å²) in [6.07, 6.45) is 2.20. The van der Waals surface area contributed by atoms with E-state index in [1.807, 2.05) is 35.7 Å². The SMILES string of the molecule is COCCCNC(=O)/C(C#N)=C/c1csc(-c2cccc(Br)c2)n1. The second kappa shape index (κ2) is 9.33. The quantitative estimate of drug-likeness (QED) is 0.433. The third-order valence-corrected chi connectivity index (χ3v) is 4.46. The van der Waals surface area contributed by atoms with Gasteiger partial charge in [0.1, 0.15) is 16.6 Å². The molecule has 5 nitrogen and oxygen atoms in total. The number of aromatic nitrogens is 1. The van der Waals surface area contributed by atoms with Crippen LogP contribution in [0.1, 0.15) is 12.1 Å². The van der Waals surface area contributed by atoms with E-state index in [4.69, 9.17) is 4.74 Å². The van der Waals surface area contributed by atoms with E-state index in [0.717, 1.165) is 15.0 Å². The maximum absolute atomic E-state index is 12.0. The highest BCUT2D eigenvalue weighted by molar-refractivity contribution is 9.10. The van der Waals surface area contributed by atoms with Crippen molar-refractivity contribution in [2.75, 3.05) is 20.3 Å². The molecule has 0 fully saturated rings. The zero-order valence-electron chi connectivity index (χ0n) is 13.1. The largest absolute Gasteiger partial charge is 0.385 e. The number of hydrogen-bond acceptors (Lipinski definition) is 5. The van der Waals surface area contributed by atoms with E-state index in [1.165, 1.54) is 17.4 Å². The molecular formula is C17H16BrN3O2S. The molecule has 0 radical (unpaired) electrons. The van der Waals surface area contributed by atoms with Crippen molar-refractivity contribution in [3.05, 3.63) is 45.4 Å². The number of benzene rings is 1. The van der Waals surface area contributed by atoms with Gasteiger partial charge in [0.05, 0.1) is 5.69 Å². The Morgan fingerprint density at radius 2 is 2.38 bits per heavy atom. The Balaban J connectivity index is 2.09. The number of hydrogen-bond donors (Lipinski definition) is 1. The molecule has 1 aromatic carbocycles. The fourth-order valence-electron chi connectivity index (χ4n) is 1.92. The van der Waals surface area contributed by atoms with Crippen molar-refractivity contribution < 1.29 is 9.53 Å². The minimum atomic E-state index is -0.398. The van der Waals surface area contributed by atoms with E-state index < -0.39 is 5.91 Å². The number of rotatable bonds is 7. The fraction of sp³-hybridized carbons (Fsp3) is 0.235. The highest BCUT2D eigenvalue weighted by Gasteiger charge is 2.10. The number of thiazole rings is 1. The van der Waals surface area contributed by atoms with Gasteiger partial charge in [0.25, 0.3) is 5.91 Å². The Bertz CT molecular complexity index is 780. The lowest BCUT2D eigenvalue weighted by Gasteiger charge is -2.03. The van der Waals surface area contributed by atoms with Gasteiger partial charge in [0.15, 0.2) is 0 Å². The number of amides is 1. The smallest absolute Gasteiger partial charge is 0.262 e. The molecule has 0 atom stereocenters. The van der Waals surface area contributed by atoms with Crippen molar-refractivity contribution in [1.29, 1.82) is 5.26 Å². The van der Waals surface area contributed by atoms with Crippen LogP contribution < -0.4 is 5.32 Å². The van der Waals surface area contributed by atoms with Gasteiger partial charge < -0.3 is 10.1 Å². The van der Waals surface area contributed by atoms with Gasteiger partial charge in [0.2, 0.25) is 0 Å². The molecule has 0 bridgehead atoms. The molecule has 0 aliphatic rings. The first-order chi connectivity index (χ1) is 11.6. The molecule has 124 valence electrons. The Morgan fingerprint density at radius 1 is 1.54 bits per heavy atom. The molecule has 0 aliphatic carbocycles. The van der Waals surface area contributed by atoms with E-state index in [0.29, 0.717) is 25.3 Å². The van der Waals surface area contributed by atoms with Crippen molar-refractivity contribution in [1.82, 2.24) is 10.3 Å². The van der Waals surface area contributed by atoms with E-state index in [1.54, 1.807) is 7.11 Å². The second-order valence-electron chi connectivity index (χ2n) is 4.86. The van der Waals surface area contributed by atoms with Crippen molar-refractivity contribution in [2.45, 2.75) is 6.42 Å². The summed E-state index contributed by atoms with van der Waals surface area (Å²) in [5.74, 6) is -0.398. The standard InChI is InChI=1S/C17H16BrN3O2S/c1-23-7-3-6-20-16(22)13(10-19)9-15-11-24-17(21-15)12-4-2-5-14(18)8-12/h2,4-5,8-9,11H,3,6-7H2,1H3,(H,20,22)/b13-9+. The molecule has 0 saturated heterocycles. The number of ether oxygens (including phenoxy) is 1. The summed E-state index contributed by atoms with van der Waals surface area (Å²) in [5, 5.41) is 14.5. The van der Waals surface area contributed by atoms with Gasteiger partial charge in [-0.05, 0) is 24.6 Å². The number of nitriles is 1. The molecule has 0 unspecified atom stereocenters. The van der Waals surface area contributed by atoms with E-state index in [9.17, 15) is 10.1 Å². The monoisotopic (exact) mass is 405 g/mol. The van der Waals surface area contributed by atoms with Crippen LogP contribution in [0, 0.1) is 11.3 Å². The molecule has 0 spiro atoms.